The number of hydrogen-bond acceptors (Lipinski definition) is 6. The molecular formula is C52H98O6. The van der Waals surface area contributed by atoms with Crippen LogP contribution in [0, 0.1) is 0 Å². The van der Waals surface area contributed by atoms with E-state index in [0.29, 0.717) is 19.3 Å². The lowest BCUT2D eigenvalue weighted by Gasteiger charge is -2.18. The second kappa shape index (κ2) is 47.8. The quantitative estimate of drug-likeness (QED) is 0.0263. The van der Waals surface area contributed by atoms with Gasteiger partial charge in [-0.2, -0.15) is 0 Å². The molecule has 1 atom stereocenters. The van der Waals surface area contributed by atoms with Crippen LogP contribution < -0.4 is 0 Å². The molecule has 6 nitrogen and oxygen atoms in total. The van der Waals surface area contributed by atoms with Crippen LogP contribution in [0.1, 0.15) is 284 Å². The Morgan fingerprint density at radius 2 is 0.569 bits per heavy atom. The van der Waals surface area contributed by atoms with Gasteiger partial charge in [0.15, 0.2) is 6.10 Å². The summed E-state index contributed by atoms with van der Waals surface area (Å²) in [5.41, 5.74) is 0. The zero-order valence-electron chi connectivity index (χ0n) is 39.1. The number of carbonyl (C=O) groups is 3. The Balaban J connectivity index is 4.24. The maximum atomic E-state index is 12.7. The highest BCUT2D eigenvalue weighted by atomic mass is 16.6. The fourth-order valence-electron chi connectivity index (χ4n) is 7.61. The number of ether oxygens (including phenoxy) is 3. The molecule has 0 aromatic heterocycles. The van der Waals surface area contributed by atoms with Gasteiger partial charge >= 0.3 is 17.9 Å². The predicted octanol–water partition coefficient (Wildman–Crippen LogP) is 16.6. The third kappa shape index (κ3) is 45.2. The molecule has 0 saturated carbocycles. The van der Waals surface area contributed by atoms with E-state index < -0.39 is 6.10 Å². The van der Waals surface area contributed by atoms with Gasteiger partial charge in [0.05, 0.1) is 0 Å². The minimum Gasteiger partial charge on any atom is -0.462 e. The topological polar surface area (TPSA) is 78.9 Å². The van der Waals surface area contributed by atoms with Gasteiger partial charge in [0.1, 0.15) is 13.2 Å². The third-order valence-electron chi connectivity index (χ3n) is 11.5. The Hall–Kier alpha value is -1.85. The van der Waals surface area contributed by atoms with Crippen molar-refractivity contribution in [3.05, 3.63) is 12.2 Å². The van der Waals surface area contributed by atoms with Gasteiger partial charge in [-0.05, 0) is 44.9 Å². The van der Waals surface area contributed by atoms with E-state index in [4.69, 9.17) is 14.2 Å². The van der Waals surface area contributed by atoms with Crippen LogP contribution in [0.15, 0.2) is 12.2 Å². The van der Waals surface area contributed by atoms with E-state index in [1.807, 2.05) is 0 Å². The van der Waals surface area contributed by atoms with Crippen molar-refractivity contribution in [3.63, 3.8) is 0 Å². The third-order valence-corrected chi connectivity index (χ3v) is 11.5. The number of unbranched alkanes of at least 4 members (excludes halogenated alkanes) is 34. The van der Waals surface area contributed by atoms with Crippen LogP contribution in [0.3, 0.4) is 0 Å². The van der Waals surface area contributed by atoms with Crippen LogP contribution in [0.25, 0.3) is 0 Å². The summed E-state index contributed by atoms with van der Waals surface area (Å²) in [5.74, 6) is -0.860. The van der Waals surface area contributed by atoms with E-state index in [0.717, 1.165) is 57.8 Å². The van der Waals surface area contributed by atoms with E-state index in [9.17, 15) is 14.4 Å². The molecule has 0 radical (unpaired) electrons. The maximum Gasteiger partial charge on any atom is 0.306 e. The minimum absolute atomic E-state index is 0.0667. The molecule has 0 spiro atoms. The van der Waals surface area contributed by atoms with Crippen molar-refractivity contribution in [1.82, 2.24) is 0 Å². The average Bonchev–Trinajstić information content (AvgIpc) is 3.22. The minimum atomic E-state index is -0.763. The lowest BCUT2D eigenvalue weighted by Crippen LogP contribution is -2.30. The largest absolute Gasteiger partial charge is 0.462 e. The zero-order valence-corrected chi connectivity index (χ0v) is 39.1. The molecule has 0 aromatic carbocycles. The molecule has 0 saturated heterocycles. The first-order valence-corrected chi connectivity index (χ1v) is 25.7. The van der Waals surface area contributed by atoms with Gasteiger partial charge in [0.25, 0.3) is 0 Å². The van der Waals surface area contributed by atoms with Crippen molar-refractivity contribution < 1.29 is 28.6 Å². The monoisotopic (exact) mass is 819 g/mol. The zero-order chi connectivity index (χ0) is 42.3. The van der Waals surface area contributed by atoms with Crippen molar-refractivity contribution in [1.29, 1.82) is 0 Å². The molecule has 0 unspecified atom stereocenters. The molecule has 0 heterocycles. The average molecular weight is 819 g/mol. The number of allylic oxidation sites excluding steroid dienone is 2. The first-order chi connectivity index (χ1) is 28.5. The highest BCUT2D eigenvalue weighted by Crippen LogP contribution is 2.16. The Labute approximate surface area is 360 Å². The van der Waals surface area contributed by atoms with E-state index in [1.54, 1.807) is 0 Å². The predicted molar refractivity (Wildman–Crippen MR) is 247 cm³/mol. The first-order valence-electron chi connectivity index (χ1n) is 25.7. The van der Waals surface area contributed by atoms with Crippen molar-refractivity contribution in [2.45, 2.75) is 290 Å². The molecule has 0 aliphatic carbocycles. The summed E-state index contributed by atoms with van der Waals surface area (Å²) in [6.07, 6.45) is 52.0. The number of hydrogen-bond donors (Lipinski definition) is 0. The molecule has 0 aliphatic rings. The summed E-state index contributed by atoms with van der Waals surface area (Å²) in [7, 11) is 0. The second-order valence-corrected chi connectivity index (χ2v) is 17.4. The van der Waals surface area contributed by atoms with Crippen molar-refractivity contribution in [3.8, 4) is 0 Å². The Morgan fingerprint density at radius 3 is 0.862 bits per heavy atom. The van der Waals surface area contributed by atoms with Crippen molar-refractivity contribution in [2.75, 3.05) is 13.2 Å². The second-order valence-electron chi connectivity index (χ2n) is 17.4. The fraction of sp³-hybridized carbons (Fsp3) is 0.904. The standard InChI is InChI=1S/C52H98O6/c1-4-7-10-13-16-19-21-23-24-25-26-27-28-29-31-33-36-39-42-45-51(54)57-48-49(47-56-50(53)44-41-38-35-32-18-15-12-9-6-3)58-52(55)46-43-40-37-34-30-22-20-17-14-11-8-5-2/h25-26,49H,4-24,27-48H2,1-3H3/b26-25-/t49-/m1/s1. The molecular weight excluding hydrogens is 721 g/mol. The molecule has 0 aliphatic heterocycles. The highest BCUT2D eigenvalue weighted by molar-refractivity contribution is 5.71. The van der Waals surface area contributed by atoms with Crippen LogP contribution in [0.4, 0.5) is 0 Å². The number of carbonyl (C=O) groups excluding carboxylic acids is 3. The molecule has 0 amide bonds. The van der Waals surface area contributed by atoms with Crippen LogP contribution in [0.2, 0.25) is 0 Å². The Kier molecular flexibility index (Phi) is 46.3. The molecule has 342 valence electrons. The number of esters is 3. The lowest BCUT2D eigenvalue weighted by molar-refractivity contribution is -0.167. The summed E-state index contributed by atoms with van der Waals surface area (Å²) >= 11 is 0. The van der Waals surface area contributed by atoms with Gasteiger partial charge in [-0.15, -0.1) is 0 Å². The summed E-state index contributed by atoms with van der Waals surface area (Å²) < 4.78 is 16.8. The molecule has 0 rings (SSSR count). The smallest absolute Gasteiger partial charge is 0.306 e. The Bertz CT molecular complexity index is 900. The summed E-state index contributed by atoms with van der Waals surface area (Å²) in [6, 6.07) is 0. The van der Waals surface area contributed by atoms with Gasteiger partial charge in [-0.1, -0.05) is 232 Å². The number of rotatable bonds is 47. The Morgan fingerprint density at radius 1 is 0.328 bits per heavy atom. The van der Waals surface area contributed by atoms with Gasteiger partial charge in [0, 0.05) is 19.3 Å². The van der Waals surface area contributed by atoms with Crippen molar-refractivity contribution >= 4 is 17.9 Å². The van der Waals surface area contributed by atoms with E-state index in [2.05, 4.69) is 32.9 Å². The molecule has 0 bridgehead atoms. The van der Waals surface area contributed by atoms with Gasteiger partial charge < -0.3 is 14.2 Å². The van der Waals surface area contributed by atoms with E-state index in [-0.39, 0.29) is 31.1 Å². The van der Waals surface area contributed by atoms with Crippen molar-refractivity contribution in [2.24, 2.45) is 0 Å². The molecule has 58 heavy (non-hydrogen) atoms. The highest BCUT2D eigenvalue weighted by Gasteiger charge is 2.19. The maximum absolute atomic E-state index is 12.7. The molecule has 0 N–H and O–H groups in total. The van der Waals surface area contributed by atoms with Crippen LogP contribution in [0.5, 0.6) is 0 Å². The molecule has 0 fully saturated rings. The summed E-state index contributed by atoms with van der Waals surface area (Å²) in [6.45, 7) is 6.64. The first kappa shape index (κ1) is 56.1. The lowest BCUT2D eigenvalue weighted by atomic mass is 10.0. The normalized spacial score (nSPS) is 12.0. The fourth-order valence-corrected chi connectivity index (χ4v) is 7.61. The van der Waals surface area contributed by atoms with E-state index in [1.165, 1.54) is 186 Å². The van der Waals surface area contributed by atoms with Gasteiger partial charge in [-0.25, -0.2) is 0 Å². The van der Waals surface area contributed by atoms with Crippen LogP contribution in [-0.2, 0) is 28.6 Å². The SMILES string of the molecule is CCCCCCCCCC/C=C\CCCCCCCCCC(=O)OC[C@@H](COC(=O)CCCCCCCCCCC)OC(=O)CCCCCCCCCCCCCC. The van der Waals surface area contributed by atoms with Gasteiger partial charge in [-0.3, -0.25) is 14.4 Å². The molecule has 0 aromatic rings. The van der Waals surface area contributed by atoms with Crippen LogP contribution in [-0.4, -0.2) is 37.2 Å². The van der Waals surface area contributed by atoms with Gasteiger partial charge in [0.2, 0.25) is 0 Å². The summed E-state index contributed by atoms with van der Waals surface area (Å²) in [5, 5.41) is 0. The molecule has 6 heteroatoms. The van der Waals surface area contributed by atoms with E-state index >= 15 is 0 Å². The van der Waals surface area contributed by atoms with Crippen LogP contribution >= 0.6 is 0 Å². The summed E-state index contributed by atoms with van der Waals surface area (Å²) in [4.78, 5) is 37.8.